The molecule has 1 aliphatic carbocycles. The van der Waals surface area contributed by atoms with Crippen molar-refractivity contribution in [3.8, 4) is 0 Å². The third-order valence-electron chi connectivity index (χ3n) is 3.78. The topological polar surface area (TPSA) is 58.6 Å². The maximum Gasteiger partial charge on any atom is 0.337 e. The van der Waals surface area contributed by atoms with Gasteiger partial charge >= 0.3 is 12.0 Å². The molecule has 0 bridgehead atoms. The highest BCUT2D eigenvalue weighted by Gasteiger charge is 2.33. The van der Waals surface area contributed by atoms with E-state index in [1.54, 1.807) is 16.2 Å². The van der Waals surface area contributed by atoms with Crippen LogP contribution in [-0.4, -0.2) is 30.1 Å². The molecule has 0 aliphatic heterocycles. The lowest BCUT2D eigenvalue weighted by Gasteiger charge is -2.22. The number of amides is 2. The van der Waals surface area contributed by atoms with Crippen molar-refractivity contribution in [1.82, 2.24) is 4.90 Å². The first-order valence-electron chi connectivity index (χ1n) is 7.56. The number of methoxy groups -OCH3 is 1. The Hall–Kier alpha value is -2.41. The third-order valence-corrected chi connectivity index (χ3v) is 4.64. The number of rotatable bonds is 5. The lowest BCUT2D eigenvalue weighted by Crippen LogP contribution is -2.36. The molecule has 5 nitrogen and oxygen atoms in total. The first-order chi connectivity index (χ1) is 11.6. The van der Waals surface area contributed by atoms with Gasteiger partial charge in [0.15, 0.2) is 0 Å². The van der Waals surface area contributed by atoms with Crippen LogP contribution >= 0.6 is 11.3 Å². The van der Waals surface area contributed by atoms with Crippen LogP contribution in [0.4, 0.5) is 14.9 Å². The van der Waals surface area contributed by atoms with Crippen LogP contribution in [-0.2, 0) is 11.3 Å². The van der Waals surface area contributed by atoms with Crippen molar-refractivity contribution in [3.05, 3.63) is 52.0 Å². The second-order valence-electron chi connectivity index (χ2n) is 5.55. The molecular weight excluding hydrogens is 331 g/mol. The molecule has 7 heteroatoms. The van der Waals surface area contributed by atoms with Gasteiger partial charge in [-0.25, -0.2) is 14.0 Å². The van der Waals surface area contributed by atoms with Crippen molar-refractivity contribution < 1.29 is 18.7 Å². The van der Waals surface area contributed by atoms with Crippen LogP contribution in [0, 0.1) is 5.82 Å². The summed E-state index contributed by atoms with van der Waals surface area (Å²) in [7, 11) is 1.25. The number of nitrogens with one attached hydrogen (secondary N) is 1. The molecule has 0 spiro atoms. The molecule has 0 saturated heterocycles. The van der Waals surface area contributed by atoms with Gasteiger partial charge < -0.3 is 15.0 Å². The van der Waals surface area contributed by atoms with E-state index in [1.807, 2.05) is 17.5 Å². The monoisotopic (exact) mass is 348 g/mol. The number of halogens is 1. The van der Waals surface area contributed by atoms with Gasteiger partial charge in [0.25, 0.3) is 0 Å². The Labute approximate surface area is 143 Å². The molecule has 2 amide bonds. The predicted octanol–water partition coefficient (Wildman–Crippen LogP) is 3.87. The molecule has 2 aromatic rings. The van der Waals surface area contributed by atoms with Crippen molar-refractivity contribution >= 4 is 29.0 Å². The second kappa shape index (κ2) is 7.00. The van der Waals surface area contributed by atoms with Crippen LogP contribution in [0.2, 0.25) is 0 Å². The maximum absolute atomic E-state index is 14.0. The number of benzene rings is 1. The fraction of sp³-hybridized carbons (Fsp3) is 0.294. The van der Waals surface area contributed by atoms with Crippen molar-refractivity contribution in [2.45, 2.75) is 25.4 Å². The molecule has 1 aromatic heterocycles. The second-order valence-corrected chi connectivity index (χ2v) is 6.59. The number of nitrogens with zero attached hydrogens (tertiary/aromatic N) is 1. The van der Waals surface area contributed by atoms with Crippen LogP contribution < -0.4 is 5.32 Å². The highest BCUT2D eigenvalue weighted by molar-refractivity contribution is 7.09. The Bertz CT molecular complexity index is 744. The van der Waals surface area contributed by atoms with Gasteiger partial charge in [0.05, 0.1) is 24.9 Å². The molecule has 0 radical (unpaired) electrons. The van der Waals surface area contributed by atoms with Gasteiger partial charge in [0.1, 0.15) is 5.82 Å². The van der Waals surface area contributed by atoms with Crippen LogP contribution in [0.3, 0.4) is 0 Å². The van der Waals surface area contributed by atoms with E-state index in [4.69, 9.17) is 0 Å². The molecule has 1 aromatic carbocycles. The molecule has 0 unspecified atom stereocenters. The molecule has 1 saturated carbocycles. The number of carbonyl (C=O) groups excluding carboxylic acids is 2. The summed E-state index contributed by atoms with van der Waals surface area (Å²) in [6.45, 7) is 0.493. The molecule has 126 valence electrons. The Kier molecular flexibility index (Phi) is 4.80. The minimum Gasteiger partial charge on any atom is -0.465 e. The Morgan fingerprint density at radius 1 is 1.38 bits per heavy atom. The molecule has 1 heterocycles. The van der Waals surface area contributed by atoms with Gasteiger partial charge in [-0.05, 0) is 42.5 Å². The number of hydrogen-bond acceptors (Lipinski definition) is 4. The highest BCUT2D eigenvalue weighted by atomic mass is 32.1. The molecule has 0 atom stereocenters. The molecule has 1 aliphatic rings. The summed E-state index contributed by atoms with van der Waals surface area (Å²) in [5.74, 6) is -1.17. The van der Waals surface area contributed by atoms with Crippen molar-refractivity contribution in [2.24, 2.45) is 0 Å². The van der Waals surface area contributed by atoms with Gasteiger partial charge in [-0.3, -0.25) is 0 Å². The molecule has 3 rings (SSSR count). The van der Waals surface area contributed by atoms with E-state index in [2.05, 4.69) is 10.1 Å². The van der Waals surface area contributed by atoms with Crippen LogP contribution in [0.1, 0.15) is 28.1 Å². The molecule has 1 N–H and O–H groups in total. The quantitative estimate of drug-likeness (QED) is 0.835. The molecular formula is C17H17FN2O3S. The SMILES string of the molecule is COC(=O)c1ccc(F)c(NC(=O)N(Cc2cccs2)C2CC2)c1. The number of esters is 1. The van der Waals surface area contributed by atoms with E-state index in [0.717, 1.165) is 23.8 Å². The maximum atomic E-state index is 14.0. The van der Waals surface area contributed by atoms with Gasteiger partial charge in [-0.15, -0.1) is 11.3 Å². The van der Waals surface area contributed by atoms with Gasteiger partial charge in [-0.2, -0.15) is 0 Å². The number of ether oxygens (including phenoxy) is 1. The Balaban J connectivity index is 1.76. The Morgan fingerprint density at radius 2 is 2.17 bits per heavy atom. The van der Waals surface area contributed by atoms with Crippen molar-refractivity contribution in [3.63, 3.8) is 0 Å². The Morgan fingerprint density at radius 3 is 2.79 bits per heavy atom. The minimum atomic E-state index is -0.595. The summed E-state index contributed by atoms with van der Waals surface area (Å²) in [4.78, 5) is 26.9. The van der Waals surface area contributed by atoms with Crippen molar-refractivity contribution in [1.29, 1.82) is 0 Å². The number of anilines is 1. The smallest absolute Gasteiger partial charge is 0.337 e. The van der Waals surface area contributed by atoms with E-state index in [-0.39, 0.29) is 23.3 Å². The zero-order valence-electron chi connectivity index (χ0n) is 13.1. The van der Waals surface area contributed by atoms with Gasteiger partial charge in [-0.1, -0.05) is 6.07 Å². The van der Waals surface area contributed by atoms with Gasteiger partial charge in [0.2, 0.25) is 0 Å². The van der Waals surface area contributed by atoms with E-state index < -0.39 is 11.8 Å². The predicted molar refractivity (Wildman–Crippen MR) is 89.6 cm³/mol. The minimum absolute atomic E-state index is 0.0280. The van der Waals surface area contributed by atoms with E-state index in [1.165, 1.54) is 19.2 Å². The number of carbonyl (C=O) groups is 2. The normalized spacial score (nSPS) is 13.4. The fourth-order valence-corrected chi connectivity index (χ4v) is 3.08. The summed E-state index contributed by atoms with van der Waals surface area (Å²) in [6.07, 6.45) is 1.90. The third kappa shape index (κ3) is 3.73. The first kappa shape index (κ1) is 16.4. The number of hydrogen-bond donors (Lipinski definition) is 1. The lowest BCUT2D eigenvalue weighted by molar-refractivity contribution is 0.0600. The first-order valence-corrected chi connectivity index (χ1v) is 8.44. The van der Waals surface area contributed by atoms with Gasteiger partial charge in [0, 0.05) is 10.9 Å². The van der Waals surface area contributed by atoms with Crippen molar-refractivity contribution in [2.75, 3.05) is 12.4 Å². The fourth-order valence-electron chi connectivity index (χ4n) is 2.38. The summed E-state index contributed by atoms with van der Waals surface area (Å²) in [5, 5.41) is 4.53. The zero-order valence-corrected chi connectivity index (χ0v) is 13.9. The van der Waals surface area contributed by atoms with E-state index >= 15 is 0 Å². The summed E-state index contributed by atoms with van der Waals surface area (Å²) in [5.41, 5.74) is 0.158. The number of urea groups is 1. The number of thiophene rings is 1. The summed E-state index contributed by atoms with van der Waals surface area (Å²) in [6, 6.07) is 7.46. The lowest BCUT2D eigenvalue weighted by atomic mass is 10.2. The van der Waals surface area contributed by atoms with E-state index in [0.29, 0.717) is 6.54 Å². The standard InChI is InChI=1S/C17H17FN2O3S/c1-23-16(21)11-4-7-14(18)15(9-11)19-17(22)20(12-5-6-12)10-13-3-2-8-24-13/h2-4,7-9,12H,5-6,10H2,1H3,(H,19,22). The zero-order chi connectivity index (χ0) is 17.1. The largest absolute Gasteiger partial charge is 0.465 e. The summed E-state index contributed by atoms with van der Waals surface area (Å²) < 4.78 is 18.6. The van der Waals surface area contributed by atoms with Crippen LogP contribution in [0.15, 0.2) is 35.7 Å². The van der Waals surface area contributed by atoms with E-state index in [9.17, 15) is 14.0 Å². The van der Waals surface area contributed by atoms with Crippen LogP contribution in [0.25, 0.3) is 0 Å². The van der Waals surface area contributed by atoms with Crippen LogP contribution in [0.5, 0.6) is 0 Å². The molecule has 24 heavy (non-hydrogen) atoms. The molecule has 1 fully saturated rings. The average Bonchev–Trinajstić information content (AvgIpc) is 3.29. The average molecular weight is 348 g/mol. The highest BCUT2D eigenvalue weighted by Crippen LogP contribution is 2.30. The summed E-state index contributed by atoms with van der Waals surface area (Å²) >= 11 is 1.58.